The number of para-hydroxylation sites is 1. The first kappa shape index (κ1) is 17.5. The minimum atomic E-state index is -0.579. The van der Waals surface area contributed by atoms with E-state index in [9.17, 15) is 14.7 Å². The fraction of sp³-hybridized carbons (Fsp3) is 0.389. The van der Waals surface area contributed by atoms with E-state index >= 15 is 0 Å². The SMILES string of the molecule is CCCCCNC(=O)c1c(O)c2ccccc2n(CCC#N)c1=O. The van der Waals surface area contributed by atoms with Crippen LogP contribution in [0.2, 0.25) is 0 Å². The number of nitriles is 1. The Hall–Kier alpha value is -2.81. The van der Waals surface area contributed by atoms with Crippen molar-refractivity contribution < 1.29 is 9.90 Å². The Morgan fingerprint density at radius 2 is 2.08 bits per heavy atom. The van der Waals surface area contributed by atoms with E-state index in [1.54, 1.807) is 24.3 Å². The standard InChI is InChI=1S/C18H21N3O3/c1-2-3-6-11-20-17(23)15-16(22)13-8-4-5-9-14(13)21(18(15)24)12-7-10-19/h4-5,8-9,22H,2-3,6-7,11-12H2,1H3,(H,20,23). The van der Waals surface area contributed by atoms with Crippen molar-refractivity contribution in [2.75, 3.05) is 6.54 Å². The van der Waals surface area contributed by atoms with E-state index in [1.165, 1.54) is 4.57 Å². The first-order valence-corrected chi connectivity index (χ1v) is 8.11. The number of unbranched alkanes of at least 4 members (excludes halogenated alkanes) is 2. The Labute approximate surface area is 140 Å². The molecule has 0 aliphatic heterocycles. The van der Waals surface area contributed by atoms with Crippen LogP contribution >= 0.6 is 0 Å². The normalized spacial score (nSPS) is 10.5. The molecule has 0 unspecified atom stereocenters. The van der Waals surface area contributed by atoms with Crippen LogP contribution in [0.25, 0.3) is 10.9 Å². The Bertz CT molecular complexity index is 834. The molecule has 6 nitrogen and oxygen atoms in total. The zero-order valence-corrected chi connectivity index (χ0v) is 13.7. The van der Waals surface area contributed by atoms with Gasteiger partial charge in [0.15, 0.2) is 0 Å². The number of aromatic nitrogens is 1. The lowest BCUT2D eigenvalue weighted by Gasteiger charge is -2.14. The van der Waals surface area contributed by atoms with Gasteiger partial charge in [-0.1, -0.05) is 31.9 Å². The summed E-state index contributed by atoms with van der Waals surface area (Å²) >= 11 is 0. The number of aromatic hydroxyl groups is 1. The van der Waals surface area contributed by atoms with E-state index < -0.39 is 11.5 Å². The molecule has 0 aliphatic rings. The second kappa shape index (κ2) is 8.16. The Morgan fingerprint density at radius 1 is 1.33 bits per heavy atom. The van der Waals surface area contributed by atoms with Crippen LogP contribution in [0, 0.1) is 11.3 Å². The summed E-state index contributed by atoms with van der Waals surface area (Å²) in [5.41, 5.74) is -0.324. The van der Waals surface area contributed by atoms with Gasteiger partial charge in [0.2, 0.25) is 0 Å². The van der Waals surface area contributed by atoms with E-state index in [2.05, 4.69) is 12.2 Å². The van der Waals surface area contributed by atoms with Gasteiger partial charge in [0.1, 0.15) is 11.3 Å². The van der Waals surface area contributed by atoms with Gasteiger partial charge in [0.05, 0.1) is 18.0 Å². The number of carbonyl (C=O) groups excluding carboxylic acids is 1. The summed E-state index contributed by atoms with van der Waals surface area (Å²) in [6, 6.07) is 8.81. The molecule has 2 rings (SSSR count). The van der Waals surface area contributed by atoms with Crippen LogP contribution in [-0.2, 0) is 6.54 Å². The molecule has 0 spiro atoms. The number of pyridine rings is 1. The summed E-state index contributed by atoms with van der Waals surface area (Å²) in [6.07, 6.45) is 2.97. The summed E-state index contributed by atoms with van der Waals surface area (Å²) in [5.74, 6) is -0.887. The topological polar surface area (TPSA) is 95.1 Å². The van der Waals surface area contributed by atoms with Gasteiger partial charge in [-0.25, -0.2) is 0 Å². The molecule has 6 heteroatoms. The molecule has 0 radical (unpaired) electrons. The molecule has 1 aromatic heterocycles. The third kappa shape index (κ3) is 3.57. The predicted molar refractivity (Wildman–Crippen MR) is 92.0 cm³/mol. The fourth-order valence-corrected chi connectivity index (χ4v) is 2.64. The van der Waals surface area contributed by atoms with E-state index in [1.807, 2.05) is 6.07 Å². The molecule has 1 aromatic carbocycles. The third-order valence-electron chi connectivity index (χ3n) is 3.89. The van der Waals surface area contributed by atoms with Crippen molar-refractivity contribution in [1.82, 2.24) is 9.88 Å². The van der Waals surface area contributed by atoms with Crippen LogP contribution in [0.15, 0.2) is 29.1 Å². The Kier molecular flexibility index (Phi) is 5.96. The fourth-order valence-electron chi connectivity index (χ4n) is 2.64. The van der Waals surface area contributed by atoms with E-state index in [-0.39, 0.29) is 24.3 Å². The number of fused-ring (bicyclic) bond motifs is 1. The highest BCUT2D eigenvalue weighted by molar-refractivity contribution is 6.02. The number of nitrogens with zero attached hydrogens (tertiary/aromatic N) is 2. The summed E-state index contributed by atoms with van der Waals surface area (Å²) in [4.78, 5) is 25.0. The van der Waals surface area contributed by atoms with Crippen LogP contribution in [-0.4, -0.2) is 22.1 Å². The van der Waals surface area contributed by atoms with Gasteiger partial charge >= 0.3 is 0 Å². The maximum atomic E-state index is 12.7. The molecule has 1 heterocycles. The minimum absolute atomic E-state index is 0.145. The van der Waals surface area contributed by atoms with Crippen molar-refractivity contribution in [2.45, 2.75) is 39.2 Å². The molecule has 0 aliphatic carbocycles. The zero-order valence-electron chi connectivity index (χ0n) is 13.7. The third-order valence-corrected chi connectivity index (χ3v) is 3.89. The lowest BCUT2D eigenvalue weighted by molar-refractivity contribution is 0.0948. The molecular weight excluding hydrogens is 306 g/mol. The largest absolute Gasteiger partial charge is 0.506 e. The summed E-state index contributed by atoms with van der Waals surface area (Å²) < 4.78 is 1.37. The first-order valence-electron chi connectivity index (χ1n) is 8.11. The molecule has 0 atom stereocenters. The van der Waals surface area contributed by atoms with E-state index in [4.69, 9.17) is 5.26 Å². The molecule has 2 aromatic rings. The first-order chi connectivity index (χ1) is 11.6. The summed E-state index contributed by atoms with van der Waals surface area (Å²) in [7, 11) is 0. The Balaban J connectivity index is 2.47. The van der Waals surface area contributed by atoms with Crippen LogP contribution in [0.4, 0.5) is 0 Å². The zero-order chi connectivity index (χ0) is 17.5. The van der Waals surface area contributed by atoms with Gasteiger partial charge in [-0.15, -0.1) is 0 Å². The van der Waals surface area contributed by atoms with E-state index in [0.717, 1.165) is 19.3 Å². The number of amides is 1. The number of hydrogen-bond acceptors (Lipinski definition) is 4. The van der Waals surface area contributed by atoms with Crippen LogP contribution in [0.5, 0.6) is 5.75 Å². The quantitative estimate of drug-likeness (QED) is 0.764. The molecule has 126 valence electrons. The van der Waals surface area contributed by atoms with Crippen LogP contribution in [0.1, 0.15) is 43.0 Å². The molecular formula is C18H21N3O3. The van der Waals surface area contributed by atoms with Crippen molar-refractivity contribution >= 4 is 16.8 Å². The number of hydrogen-bond donors (Lipinski definition) is 2. The lowest BCUT2D eigenvalue weighted by Crippen LogP contribution is -2.34. The molecule has 0 saturated carbocycles. The minimum Gasteiger partial charge on any atom is -0.506 e. The van der Waals surface area contributed by atoms with Gasteiger partial charge in [0.25, 0.3) is 11.5 Å². The van der Waals surface area contributed by atoms with Crippen molar-refractivity contribution in [3.8, 4) is 11.8 Å². The highest BCUT2D eigenvalue weighted by atomic mass is 16.3. The van der Waals surface area contributed by atoms with Gasteiger partial charge in [-0.3, -0.25) is 9.59 Å². The maximum Gasteiger partial charge on any atom is 0.267 e. The molecule has 1 amide bonds. The number of aryl methyl sites for hydroxylation is 1. The second-order valence-corrected chi connectivity index (χ2v) is 5.57. The molecule has 0 saturated heterocycles. The highest BCUT2D eigenvalue weighted by Gasteiger charge is 2.21. The summed E-state index contributed by atoms with van der Waals surface area (Å²) in [6.45, 7) is 2.69. The second-order valence-electron chi connectivity index (χ2n) is 5.57. The van der Waals surface area contributed by atoms with Crippen molar-refractivity contribution in [3.63, 3.8) is 0 Å². The molecule has 0 fully saturated rings. The monoisotopic (exact) mass is 327 g/mol. The van der Waals surface area contributed by atoms with Crippen molar-refractivity contribution in [2.24, 2.45) is 0 Å². The Morgan fingerprint density at radius 3 is 2.79 bits per heavy atom. The van der Waals surface area contributed by atoms with Crippen molar-refractivity contribution in [3.05, 3.63) is 40.2 Å². The average molecular weight is 327 g/mol. The molecule has 24 heavy (non-hydrogen) atoms. The van der Waals surface area contributed by atoms with Gasteiger partial charge < -0.3 is 15.0 Å². The van der Waals surface area contributed by atoms with Crippen LogP contribution < -0.4 is 10.9 Å². The predicted octanol–water partition coefficient (Wildman–Crippen LogP) is 2.54. The van der Waals surface area contributed by atoms with Crippen molar-refractivity contribution in [1.29, 1.82) is 5.26 Å². The van der Waals surface area contributed by atoms with Gasteiger partial charge in [0, 0.05) is 18.5 Å². The number of carbonyl (C=O) groups is 1. The lowest BCUT2D eigenvalue weighted by atomic mass is 10.1. The number of nitrogens with one attached hydrogen (secondary N) is 1. The molecule has 2 N–H and O–H groups in total. The number of benzene rings is 1. The average Bonchev–Trinajstić information content (AvgIpc) is 2.59. The molecule has 0 bridgehead atoms. The highest BCUT2D eigenvalue weighted by Crippen LogP contribution is 2.26. The van der Waals surface area contributed by atoms with Crippen LogP contribution in [0.3, 0.4) is 0 Å². The van der Waals surface area contributed by atoms with Gasteiger partial charge in [-0.2, -0.15) is 5.26 Å². The smallest absolute Gasteiger partial charge is 0.267 e. The number of rotatable bonds is 7. The maximum absolute atomic E-state index is 12.7. The van der Waals surface area contributed by atoms with Gasteiger partial charge in [-0.05, 0) is 18.6 Å². The summed E-state index contributed by atoms with van der Waals surface area (Å²) in [5, 5.41) is 22.3. The van der Waals surface area contributed by atoms with E-state index in [0.29, 0.717) is 17.4 Å².